The van der Waals surface area contributed by atoms with Gasteiger partial charge in [0.1, 0.15) is 23.5 Å². The van der Waals surface area contributed by atoms with Crippen molar-refractivity contribution >= 4 is 33.8 Å². The Balaban J connectivity index is 1.71. The van der Waals surface area contributed by atoms with Gasteiger partial charge in [0.15, 0.2) is 5.82 Å². The molecule has 0 fully saturated rings. The Morgan fingerprint density at radius 2 is 1.82 bits per heavy atom. The number of carbonyl (C=O) groups excluding carboxylic acids is 1. The number of nitrogens with one attached hydrogen (secondary N) is 1. The normalized spacial score (nSPS) is 12.3. The largest absolute Gasteiger partial charge is 0.444 e. The first-order valence-corrected chi connectivity index (χ1v) is 12.8. The number of ether oxygens (including phenoxy) is 2. The number of aromatic nitrogens is 3. The number of hydrogen-bond acceptors (Lipinski definition) is 7. The van der Waals surface area contributed by atoms with Gasteiger partial charge >= 0.3 is 6.09 Å². The topological polar surface area (TPSA) is 125 Å². The van der Waals surface area contributed by atoms with Gasteiger partial charge in [0.05, 0.1) is 23.2 Å². The van der Waals surface area contributed by atoms with Crippen molar-refractivity contribution in [1.82, 2.24) is 19.9 Å². The Hall–Kier alpha value is -3.69. The number of fused-ring (bicyclic) bond motifs is 3. The van der Waals surface area contributed by atoms with Gasteiger partial charge in [-0.25, -0.2) is 14.8 Å². The lowest BCUT2D eigenvalue weighted by Crippen LogP contribution is -2.32. The van der Waals surface area contributed by atoms with Crippen LogP contribution in [0.3, 0.4) is 0 Å². The Morgan fingerprint density at radius 1 is 1.08 bits per heavy atom. The molecule has 1 amide bonds. The van der Waals surface area contributed by atoms with Gasteiger partial charge in [-0.05, 0) is 70.4 Å². The minimum Gasteiger partial charge on any atom is -0.444 e. The van der Waals surface area contributed by atoms with Gasteiger partial charge in [0, 0.05) is 18.5 Å². The van der Waals surface area contributed by atoms with Crippen LogP contribution in [-0.4, -0.2) is 43.5 Å². The van der Waals surface area contributed by atoms with E-state index in [4.69, 9.17) is 20.2 Å². The Bertz CT molecular complexity index is 1460. The van der Waals surface area contributed by atoms with Crippen molar-refractivity contribution < 1.29 is 19.4 Å². The van der Waals surface area contributed by atoms with Gasteiger partial charge in [-0.15, -0.1) is 0 Å². The summed E-state index contributed by atoms with van der Waals surface area (Å²) in [6, 6.07) is 14.0. The average Bonchev–Trinajstić information content (AvgIpc) is 3.17. The Morgan fingerprint density at radius 3 is 2.50 bits per heavy atom. The summed E-state index contributed by atoms with van der Waals surface area (Å²) in [7, 11) is 0. The SMILES string of the molecule is CCOCc1nc2c(N)nc3cc(-c4cccc(CNC(=O)OC(C)(C)C)c4)ccc3c2n1CC(C)(C)O. The van der Waals surface area contributed by atoms with Gasteiger partial charge < -0.3 is 30.2 Å². The molecule has 38 heavy (non-hydrogen) atoms. The van der Waals surface area contributed by atoms with Crippen LogP contribution in [0, 0.1) is 0 Å². The summed E-state index contributed by atoms with van der Waals surface area (Å²) in [5.74, 6) is 1.02. The molecule has 0 spiro atoms. The molecule has 0 unspecified atom stereocenters. The fourth-order valence-electron chi connectivity index (χ4n) is 4.35. The number of hydrogen-bond donors (Lipinski definition) is 3. The van der Waals surface area contributed by atoms with Crippen molar-refractivity contribution in [2.24, 2.45) is 0 Å². The Kier molecular flexibility index (Phi) is 7.62. The summed E-state index contributed by atoms with van der Waals surface area (Å²) in [4.78, 5) is 21.5. The van der Waals surface area contributed by atoms with E-state index in [0.29, 0.717) is 43.5 Å². The minimum absolute atomic E-state index is 0.310. The predicted molar refractivity (Wildman–Crippen MR) is 150 cm³/mol. The number of benzene rings is 2. The second-order valence-corrected chi connectivity index (χ2v) is 11.0. The van der Waals surface area contributed by atoms with E-state index in [0.717, 1.165) is 33.1 Å². The number of nitrogens with two attached hydrogens (primary N) is 1. The molecule has 0 atom stereocenters. The van der Waals surface area contributed by atoms with E-state index in [-0.39, 0.29) is 0 Å². The number of imidazole rings is 1. The van der Waals surface area contributed by atoms with Crippen LogP contribution in [0.1, 0.15) is 52.9 Å². The van der Waals surface area contributed by atoms with Gasteiger partial charge in [0.2, 0.25) is 0 Å². The molecule has 2 aromatic carbocycles. The first kappa shape index (κ1) is 27.3. The van der Waals surface area contributed by atoms with Crippen molar-refractivity contribution in [3.63, 3.8) is 0 Å². The third-order valence-electron chi connectivity index (χ3n) is 5.86. The molecule has 4 rings (SSSR count). The molecule has 0 saturated heterocycles. The zero-order chi connectivity index (χ0) is 27.7. The molecular weight excluding hydrogens is 482 g/mol. The number of anilines is 1. The molecule has 0 aliphatic rings. The molecule has 0 aliphatic carbocycles. The monoisotopic (exact) mass is 519 g/mol. The van der Waals surface area contributed by atoms with E-state index < -0.39 is 17.3 Å². The number of alkyl carbamates (subject to hydrolysis) is 1. The van der Waals surface area contributed by atoms with Crippen molar-refractivity contribution in [3.8, 4) is 11.1 Å². The van der Waals surface area contributed by atoms with E-state index in [1.165, 1.54) is 0 Å². The second-order valence-electron chi connectivity index (χ2n) is 11.0. The van der Waals surface area contributed by atoms with Crippen molar-refractivity contribution in [2.45, 2.75) is 72.4 Å². The highest BCUT2D eigenvalue weighted by Crippen LogP contribution is 2.33. The summed E-state index contributed by atoms with van der Waals surface area (Å²) >= 11 is 0. The van der Waals surface area contributed by atoms with Crippen LogP contribution in [-0.2, 0) is 29.2 Å². The van der Waals surface area contributed by atoms with Crippen molar-refractivity contribution in [1.29, 1.82) is 0 Å². The van der Waals surface area contributed by atoms with Crippen molar-refractivity contribution in [2.75, 3.05) is 12.3 Å². The van der Waals surface area contributed by atoms with Crippen LogP contribution in [0.4, 0.5) is 10.6 Å². The summed E-state index contributed by atoms with van der Waals surface area (Å²) in [6.45, 7) is 12.5. The van der Waals surface area contributed by atoms with Gasteiger partial charge in [-0.1, -0.05) is 30.3 Å². The number of nitrogens with zero attached hydrogens (tertiary/aromatic N) is 3. The Labute approximate surface area is 223 Å². The number of amides is 1. The predicted octanol–water partition coefficient (Wildman–Crippen LogP) is 5.17. The zero-order valence-corrected chi connectivity index (χ0v) is 23.0. The van der Waals surface area contributed by atoms with E-state index in [9.17, 15) is 9.90 Å². The molecule has 2 aromatic heterocycles. The maximum atomic E-state index is 12.1. The maximum absolute atomic E-state index is 12.1. The minimum atomic E-state index is -0.966. The van der Waals surface area contributed by atoms with Crippen LogP contribution in [0.5, 0.6) is 0 Å². The van der Waals surface area contributed by atoms with Gasteiger partial charge in [-0.3, -0.25) is 0 Å². The van der Waals surface area contributed by atoms with Crippen LogP contribution < -0.4 is 11.1 Å². The fraction of sp³-hybridized carbons (Fsp3) is 0.414. The first-order valence-electron chi connectivity index (χ1n) is 12.8. The maximum Gasteiger partial charge on any atom is 0.407 e. The van der Waals surface area contributed by atoms with E-state index in [2.05, 4.69) is 10.3 Å². The van der Waals surface area contributed by atoms with Gasteiger partial charge in [-0.2, -0.15) is 0 Å². The molecule has 2 heterocycles. The van der Waals surface area contributed by atoms with E-state index >= 15 is 0 Å². The molecule has 0 saturated carbocycles. The molecule has 4 N–H and O–H groups in total. The molecule has 0 radical (unpaired) electrons. The number of aliphatic hydroxyl groups is 1. The first-order chi connectivity index (χ1) is 17.8. The lowest BCUT2D eigenvalue weighted by Gasteiger charge is -2.20. The standard InChI is InChI=1S/C29H37N5O4/c1-7-37-16-23-33-24-25(34(23)17-29(5,6)36)21-12-11-20(14-22(21)32-26(24)30)19-10-8-9-18(13-19)15-31-27(35)38-28(2,3)4/h8-14,36H,7,15-17H2,1-6H3,(H2,30,32)(H,31,35). The average molecular weight is 520 g/mol. The lowest BCUT2D eigenvalue weighted by atomic mass is 10.0. The summed E-state index contributed by atoms with van der Waals surface area (Å²) < 4.78 is 13.0. The summed E-state index contributed by atoms with van der Waals surface area (Å²) in [5, 5.41) is 14.3. The highest BCUT2D eigenvalue weighted by molar-refractivity contribution is 6.07. The van der Waals surface area contributed by atoms with Crippen LogP contribution in [0.2, 0.25) is 0 Å². The molecule has 4 aromatic rings. The smallest absolute Gasteiger partial charge is 0.407 e. The second kappa shape index (κ2) is 10.6. The number of carbonyl (C=O) groups is 1. The van der Waals surface area contributed by atoms with Gasteiger partial charge in [0.25, 0.3) is 0 Å². The van der Waals surface area contributed by atoms with E-state index in [1.54, 1.807) is 13.8 Å². The molecule has 9 nitrogen and oxygen atoms in total. The van der Waals surface area contributed by atoms with E-state index in [1.807, 2.05) is 74.7 Å². The lowest BCUT2D eigenvalue weighted by molar-refractivity contribution is 0.0522. The van der Waals surface area contributed by atoms with Crippen LogP contribution >= 0.6 is 0 Å². The quantitative estimate of drug-likeness (QED) is 0.293. The highest BCUT2D eigenvalue weighted by atomic mass is 16.6. The van der Waals surface area contributed by atoms with Crippen LogP contribution in [0.25, 0.3) is 33.1 Å². The number of pyridine rings is 1. The summed E-state index contributed by atoms with van der Waals surface area (Å²) in [6.07, 6.45) is -0.455. The summed E-state index contributed by atoms with van der Waals surface area (Å²) in [5.41, 5.74) is 9.90. The molecule has 202 valence electrons. The molecule has 9 heteroatoms. The number of nitrogen functional groups attached to an aromatic ring is 1. The van der Waals surface area contributed by atoms with Crippen LogP contribution in [0.15, 0.2) is 42.5 Å². The highest BCUT2D eigenvalue weighted by Gasteiger charge is 2.23. The number of rotatable bonds is 8. The molecule has 0 aliphatic heterocycles. The molecule has 0 bridgehead atoms. The zero-order valence-electron chi connectivity index (χ0n) is 23.0. The van der Waals surface area contributed by atoms with Crippen molar-refractivity contribution in [3.05, 3.63) is 53.9 Å². The molecular formula is C29H37N5O4. The fourth-order valence-corrected chi connectivity index (χ4v) is 4.35. The third-order valence-corrected chi connectivity index (χ3v) is 5.86. The third kappa shape index (κ3) is 6.41.